The van der Waals surface area contributed by atoms with E-state index in [4.69, 9.17) is 4.42 Å². The molecule has 0 aliphatic rings. The van der Waals surface area contributed by atoms with E-state index in [2.05, 4.69) is 48.4 Å². The molecule has 0 saturated heterocycles. The van der Waals surface area contributed by atoms with E-state index >= 15 is 0 Å². The van der Waals surface area contributed by atoms with Crippen LogP contribution in [-0.2, 0) is 6.54 Å². The van der Waals surface area contributed by atoms with Crippen molar-refractivity contribution in [2.75, 3.05) is 5.32 Å². The highest BCUT2D eigenvalue weighted by Crippen LogP contribution is 2.18. The molecule has 1 heterocycles. The van der Waals surface area contributed by atoms with Gasteiger partial charge in [0.15, 0.2) is 5.58 Å². The summed E-state index contributed by atoms with van der Waals surface area (Å²) in [7, 11) is 0. The van der Waals surface area contributed by atoms with Gasteiger partial charge >= 0.3 is 0 Å². The van der Waals surface area contributed by atoms with Gasteiger partial charge in [-0.2, -0.15) is 0 Å². The fourth-order valence-corrected chi connectivity index (χ4v) is 2.01. The molecule has 0 aliphatic carbocycles. The summed E-state index contributed by atoms with van der Waals surface area (Å²) in [6.07, 6.45) is 0. The molecule has 0 saturated carbocycles. The van der Waals surface area contributed by atoms with Crippen LogP contribution in [0.1, 0.15) is 17.0 Å². The van der Waals surface area contributed by atoms with Crippen LogP contribution in [0.25, 0.3) is 11.1 Å². The van der Waals surface area contributed by atoms with Crippen molar-refractivity contribution >= 4 is 16.8 Å². The molecule has 3 aromatic rings. The highest BCUT2D eigenvalue weighted by atomic mass is 16.3. The van der Waals surface area contributed by atoms with E-state index < -0.39 is 0 Å². The topological polar surface area (TPSA) is 38.1 Å². The maximum absolute atomic E-state index is 5.69. The lowest BCUT2D eigenvalue weighted by atomic mass is 10.2. The molecular formula is C16H16N2O. The van der Waals surface area contributed by atoms with E-state index in [0.717, 1.165) is 16.8 Å². The summed E-state index contributed by atoms with van der Waals surface area (Å²) in [4.78, 5) is 4.48. The third kappa shape index (κ3) is 2.60. The summed E-state index contributed by atoms with van der Waals surface area (Å²) in [6.45, 7) is 4.72. The zero-order chi connectivity index (χ0) is 13.2. The van der Waals surface area contributed by atoms with Crippen molar-refractivity contribution in [3.63, 3.8) is 0 Å². The number of hydrogen-bond donors (Lipinski definition) is 1. The smallest absolute Gasteiger partial charge is 0.214 e. The Balaban J connectivity index is 1.76. The monoisotopic (exact) mass is 252 g/mol. The molecule has 3 rings (SSSR count). The Morgan fingerprint density at radius 2 is 1.74 bits per heavy atom. The number of rotatable bonds is 3. The fourth-order valence-electron chi connectivity index (χ4n) is 2.01. The predicted molar refractivity (Wildman–Crippen MR) is 77.3 cm³/mol. The zero-order valence-electron chi connectivity index (χ0n) is 11.1. The Hall–Kier alpha value is -2.29. The standard InChI is InChI=1S/C16H16N2O/c1-11-3-6-13(7-4-11)17-10-16-18-14-9-12(2)5-8-15(14)19-16/h3-9,17H,10H2,1-2H3. The quantitative estimate of drug-likeness (QED) is 0.764. The van der Waals surface area contributed by atoms with Gasteiger partial charge < -0.3 is 9.73 Å². The number of oxazole rings is 1. The molecule has 0 amide bonds. The fraction of sp³-hybridized carbons (Fsp3) is 0.188. The molecule has 1 aromatic heterocycles. The number of hydrogen-bond acceptors (Lipinski definition) is 3. The first-order valence-electron chi connectivity index (χ1n) is 6.37. The number of aryl methyl sites for hydroxylation is 2. The summed E-state index contributed by atoms with van der Waals surface area (Å²) >= 11 is 0. The van der Waals surface area contributed by atoms with Gasteiger partial charge in [-0.1, -0.05) is 23.8 Å². The summed E-state index contributed by atoms with van der Waals surface area (Å²) in [5.41, 5.74) is 5.28. The molecule has 2 aromatic carbocycles. The Morgan fingerprint density at radius 1 is 1.00 bits per heavy atom. The van der Waals surface area contributed by atoms with E-state index in [-0.39, 0.29) is 0 Å². The third-order valence-corrected chi connectivity index (χ3v) is 3.08. The molecule has 0 atom stereocenters. The molecular weight excluding hydrogens is 236 g/mol. The molecule has 1 N–H and O–H groups in total. The lowest BCUT2D eigenvalue weighted by Crippen LogP contribution is -1.99. The zero-order valence-corrected chi connectivity index (χ0v) is 11.1. The van der Waals surface area contributed by atoms with Crippen LogP contribution >= 0.6 is 0 Å². The van der Waals surface area contributed by atoms with Crippen molar-refractivity contribution in [2.45, 2.75) is 20.4 Å². The first-order valence-corrected chi connectivity index (χ1v) is 6.37. The van der Waals surface area contributed by atoms with E-state index in [0.29, 0.717) is 12.4 Å². The van der Waals surface area contributed by atoms with E-state index in [1.165, 1.54) is 11.1 Å². The lowest BCUT2D eigenvalue weighted by Gasteiger charge is -2.03. The van der Waals surface area contributed by atoms with Gasteiger partial charge in [-0.15, -0.1) is 0 Å². The van der Waals surface area contributed by atoms with Gasteiger partial charge in [0.1, 0.15) is 5.52 Å². The van der Waals surface area contributed by atoms with Crippen LogP contribution in [0.3, 0.4) is 0 Å². The van der Waals surface area contributed by atoms with Crippen LogP contribution < -0.4 is 5.32 Å². The highest BCUT2D eigenvalue weighted by molar-refractivity contribution is 5.73. The Labute approximate surface area is 112 Å². The van der Waals surface area contributed by atoms with Crippen molar-refractivity contribution in [2.24, 2.45) is 0 Å². The molecule has 0 unspecified atom stereocenters. The molecule has 0 fully saturated rings. The SMILES string of the molecule is Cc1ccc(NCc2nc3cc(C)ccc3o2)cc1. The number of fused-ring (bicyclic) bond motifs is 1. The number of anilines is 1. The average molecular weight is 252 g/mol. The lowest BCUT2D eigenvalue weighted by molar-refractivity contribution is 0.540. The van der Waals surface area contributed by atoms with Crippen LogP contribution in [0.5, 0.6) is 0 Å². The number of nitrogens with one attached hydrogen (secondary N) is 1. The van der Waals surface area contributed by atoms with Gasteiger partial charge in [0.05, 0.1) is 6.54 Å². The Morgan fingerprint density at radius 3 is 2.53 bits per heavy atom. The second-order valence-corrected chi connectivity index (χ2v) is 4.80. The average Bonchev–Trinajstić information content (AvgIpc) is 2.80. The van der Waals surface area contributed by atoms with Crippen molar-refractivity contribution in [1.82, 2.24) is 4.98 Å². The van der Waals surface area contributed by atoms with E-state index in [1.54, 1.807) is 0 Å². The van der Waals surface area contributed by atoms with Gasteiger partial charge in [-0.3, -0.25) is 0 Å². The molecule has 0 aliphatic heterocycles. The van der Waals surface area contributed by atoms with Gasteiger partial charge in [0.2, 0.25) is 5.89 Å². The molecule has 19 heavy (non-hydrogen) atoms. The Kier molecular flexibility index (Phi) is 2.95. The number of benzene rings is 2. The van der Waals surface area contributed by atoms with Crippen LogP contribution in [0.15, 0.2) is 46.9 Å². The predicted octanol–water partition coefficient (Wildman–Crippen LogP) is 4.06. The summed E-state index contributed by atoms with van der Waals surface area (Å²) in [6, 6.07) is 14.3. The second kappa shape index (κ2) is 4.76. The number of aromatic nitrogens is 1. The van der Waals surface area contributed by atoms with Crippen LogP contribution in [0, 0.1) is 13.8 Å². The van der Waals surface area contributed by atoms with E-state index in [9.17, 15) is 0 Å². The molecule has 0 spiro atoms. The number of nitrogens with zero attached hydrogens (tertiary/aromatic N) is 1. The summed E-state index contributed by atoms with van der Waals surface area (Å²) < 4.78 is 5.69. The molecule has 3 nitrogen and oxygen atoms in total. The molecule has 3 heteroatoms. The molecule has 96 valence electrons. The minimum absolute atomic E-state index is 0.594. The highest BCUT2D eigenvalue weighted by Gasteiger charge is 2.05. The van der Waals surface area contributed by atoms with Gasteiger partial charge in [-0.05, 0) is 43.7 Å². The second-order valence-electron chi connectivity index (χ2n) is 4.80. The van der Waals surface area contributed by atoms with Gasteiger partial charge in [-0.25, -0.2) is 4.98 Å². The van der Waals surface area contributed by atoms with Crippen LogP contribution in [0.4, 0.5) is 5.69 Å². The molecule has 0 radical (unpaired) electrons. The Bertz CT molecular complexity index is 698. The van der Waals surface area contributed by atoms with E-state index in [1.807, 2.05) is 18.2 Å². The normalized spacial score (nSPS) is 10.8. The minimum atomic E-state index is 0.594. The van der Waals surface area contributed by atoms with Crippen molar-refractivity contribution < 1.29 is 4.42 Å². The third-order valence-electron chi connectivity index (χ3n) is 3.08. The first kappa shape index (κ1) is 11.8. The maximum Gasteiger partial charge on any atom is 0.214 e. The van der Waals surface area contributed by atoms with Gasteiger partial charge in [0.25, 0.3) is 0 Å². The minimum Gasteiger partial charge on any atom is -0.439 e. The van der Waals surface area contributed by atoms with Crippen molar-refractivity contribution in [1.29, 1.82) is 0 Å². The summed E-state index contributed by atoms with van der Waals surface area (Å²) in [5, 5.41) is 3.31. The van der Waals surface area contributed by atoms with Crippen LogP contribution in [-0.4, -0.2) is 4.98 Å². The van der Waals surface area contributed by atoms with Gasteiger partial charge in [0, 0.05) is 5.69 Å². The van der Waals surface area contributed by atoms with Crippen LogP contribution in [0.2, 0.25) is 0 Å². The molecule has 0 bridgehead atoms. The van der Waals surface area contributed by atoms with Crippen molar-refractivity contribution in [3.05, 3.63) is 59.5 Å². The first-order chi connectivity index (χ1) is 9.20. The largest absolute Gasteiger partial charge is 0.439 e. The van der Waals surface area contributed by atoms with Crippen molar-refractivity contribution in [3.8, 4) is 0 Å². The maximum atomic E-state index is 5.69. The summed E-state index contributed by atoms with van der Waals surface area (Å²) in [5.74, 6) is 0.709.